The lowest BCUT2D eigenvalue weighted by molar-refractivity contribution is -0.156. The number of aromatic nitrogens is 2. The predicted molar refractivity (Wildman–Crippen MR) is 104 cm³/mol. The quantitative estimate of drug-likeness (QED) is 0.317. The van der Waals surface area contributed by atoms with Gasteiger partial charge in [0.1, 0.15) is 0 Å². The number of hydrogen-bond donors (Lipinski definition) is 4. The lowest BCUT2D eigenvalue weighted by Crippen LogP contribution is -2.25. The molecule has 0 saturated heterocycles. The Bertz CT molecular complexity index is 1100. The van der Waals surface area contributed by atoms with Crippen molar-refractivity contribution in [2.24, 2.45) is 11.5 Å². The summed E-state index contributed by atoms with van der Waals surface area (Å²) in [6.45, 7) is 0.664. The third-order valence-corrected chi connectivity index (χ3v) is 4.54. The second kappa shape index (κ2) is 7.18. The number of esters is 2. The zero-order valence-electron chi connectivity index (χ0n) is 14.8. The minimum Gasteiger partial charge on any atom is -0.416 e. The van der Waals surface area contributed by atoms with Gasteiger partial charge in [0.2, 0.25) is 0 Å². The van der Waals surface area contributed by atoms with Crippen LogP contribution in [-0.4, -0.2) is 21.9 Å². The first-order valence-electron chi connectivity index (χ1n) is 8.64. The fraction of sp³-hybridized carbons (Fsp3) is 0.100. The van der Waals surface area contributed by atoms with Crippen LogP contribution in [0.25, 0.3) is 21.8 Å². The van der Waals surface area contributed by atoms with Crippen molar-refractivity contribution in [1.82, 2.24) is 9.97 Å². The summed E-state index contributed by atoms with van der Waals surface area (Å²) in [6.07, 6.45) is 3.02. The van der Waals surface area contributed by atoms with E-state index in [1.54, 1.807) is 24.3 Å². The highest BCUT2D eigenvalue weighted by Gasteiger charge is 2.23. The lowest BCUT2D eigenvalue weighted by Gasteiger charge is -2.04. The average Bonchev–Trinajstić information content (AvgIpc) is 3.32. The van der Waals surface area contributed by atoms with Crippen molar-refractivity contribution in [2.45, 2.75) is 13.1 Å². The zero-order chi connectivity index (χ0) is 19.7. The molecule has 0 aliphatic carbocycles. The second-order valence-corrected chi connectivity index (χ2v) is 6.17. The fourth-order valence-corrected chi connectivity index (χ4v) is 3.17. The number of fused-ring (bicyclic) bond motifs is 2. The van der Waals surface area contributed by atoms with Gasteiger partial charge < -0.3 is 30.9 Å². The number of carbonyl (C=O) groups excluding carboxylic acids is 2. The van der Waals surface area contributed by atoms with Crippen LogP contribution in [0.3, 0.4) is 0 Å². The van der Waals surface area contributed by atoms with Gasteiger partial charge in [0.25, 0.3) is 0 Å². The van der Waals surface area contributed by atoms with Gasteiger partial charge in [0.15, 0.2) is 11.5 Å². The summed E-state index contributed by atoms with van der Waals surface area (Å²) >= 11 is 0. The minimum absolute atomic E-state index is 0.233. The van der Waals surface area contributed by atoms with E-state index in [0.29, 0.717) is 23.9 Å². The molecule has 0 amide bonds. The summed E-state index contributed by atoms with van der Waals surface area (Å²) in [5.74, 6) is -1.78. The van der Waals surface area contributed by atoms with Gasteiger partial charge in [-0.15, -0.1) is 0 Å². The van der Waals surface area contributed by atoms with E-state index >= 15 is 0 Å². The minimum atomic E-state index is -1.12. The fourth-order valence-electron chi connectivity index (χ4n) is 3.17. The Labute approximate surface area is 159 Å². The molecule has 0 radical (unpaired) electrons. The molecule has 4 rings (SSSR count). The van der Waals surface area contributed by atoms with Gasteiger partial charge >= 0.3 is 11.9 Å². The van der Waals surface area contributed by atoms with E-state index < -0.39 is 11.9 Å². The van der Waals surface area contributed by atoms with E-state index in [2.05, 4.69) is 9.97 Å². The van der Waals surface area contributed by atoms with Gasteiger partial charge in [0, 0.05) is 36.3 Å². The van der Waals surface area contributed by atoms with Crippen molar-refractivity contribution in [2.75, 3.05) is 0 Å². The SMILES string of the molecule is NCc1cccc2c(OC(=O)C(=O)Oc3c[nH]c4c(CN)cccc34)c[nH]c12. The molecule has 0 bridgehead atoms. The van der Waals surface area contributed by atoms with Crippen LogP contribution in [0, 0.1) is 0 Å². The second-order valence-electron chi connectivity index (χ2n) is 6.17. The Hall–Kier alpha value is -3.62. The highest BCUT2D eigenvalue weighted by atomic mass is 16.6. The number of nitrogens with one attached hydrogen (secondary N) is 2. The number of hydrogen-bond acceptors (Lipinski definition) is 6. The van der Waals surface area contributed by atoms with Gasteiger partial charge in [-0.05, 0) is 23.3 Å². The van der Waals surface area contributed by atoms with Gasteiger partial charge in [0.05, 0.1) is 11.0 Å². The first kappa shape index (κ1) is 17.8. The van der Waals surface area contributed by atoms with Crippen molar-refractivity contribution in [3.05, 3.63) is 59.9 Å². The molecule has 0 saturated carbocycles. The Morgan fingerprint density at radius 3 is 1.57 bits per heavy atom. The van der Waals surface area contributed by atoms with Crippen molar-refractivity contribution in [3.63, 3.8) is 0 Å². The maximum Gasteiger partial charge on any atom is 0.423 e. The number of benzene rings is 2. The van der Waals surface area contributed by atoms with Crippen LogP contribution in [0.2, 0.25) is 0 Å². The molecule has 6 N–H and O–H groups in total. The Balaban J connectivity index is 1.54. The van der Waals surface area contributed by atoms with Crippen LogP contribution < -0.4 is 20.9 Å². The molecule has 142 valence electrons. The largest absolute Gasteiger partial charge is 0.423 e. The van der Waals surface area contributed by atoms with E-state index in [1.165, 1.54) is 12.4 Å². The molecule has 28 heavy (non-hydrogen) atoms. The van der Waals surface area contributed by atoms with Crippen molar-refractivity contribution >= 4 is 33.7 Å². The topological polar surface area (TPSA) is 136 Å². The lowest BCUT2D eigenvalue weighted by atomic mass is 10.1. The summed E-state index contributed by atoms with van der Waals surface area (Å²) < 4.78 is 10.4. The molecule has 0 fully saturated rings. The molecule has 4 aromatic rings. The van der Waals surface area contributed by atoms with Gasteiger partial charge in [-0.1, -0.05) is 24.3 Å². The normalized spacial score (nSPS) is 11.1. The molecule has 0 aliphatic rings. The Morgan fingerprint density at radius 1 is 0.750 bits per heavy atom. The third-order valence-electron chi connectivity index (χ3n) is 4.54. The van der Waals surface area contributed by atoms with Crippen LogP contribution in [0.5, 0.6) is 11.5 Å². The number of rotatable bonds is 4. The summed E-state index contributed by atoms with van der Waals surface area (Å²) in [7, 11) is 0. The zero-order valence-corrected chi connectivity index (χ0v) is 14.8. The first-order valence-corrected chi connectivity index (χ1v) is 8.64. The summed E-state index contributed by atoms with van der Waals surface area (Å²) in [5, 5.41) is 1.31. The van der Waals surface area contributed by atoms with E-state index in [0.717, 1.165) is 22.2 Å². The van der Waals surface area contributed by atoms with Gasteiger partial charge in [-0.25, -0.2) is 9.59 Å². The molecule has 8 heteroatoms. The van der Waals surface area contributed by atoms with Crippen LogP contribution in [-0.2, 0) is 22.7 Å². The molecule has 8 nitrogen and oxygen atoms in total. The number of aromatic amines is 2. The van der Waals surface area contributed by atoms with Crippen LogP contribution >= 0.6 is 0 Å². The first-order chi connectivity index (χ1) is 13.6. The number of carbonyl (C=O) groups is 2. The van der Waals surface area contributed by atoms with E-state index in [9.17, 15) is 9.59 Å². The maximum atomic E-state index is 12.2. The van der Waals surface area contributed by atoms with Crippen LogP contribution in [0.1, 0.15) is 11.1 Å². The van der Waals surface area contributed by atoms with E-state index in [1.807, 2.05) is 12.1 Å². The molecule has 2 aromatic heterocycles. The number of ether oxygens (including phenoxy) is 2. The number of para-hydroxylation sites is 2. The van der Waals surface area contributed by atoms with Crippen molar-refractivity contribution in [1.29, 1.82) is 0 Å². The molecule has 2 aromatic carbocycles. The molecular formula is C20H18N4O4. The van der Waals surface area contributed by atoms with Gasteiger partial charge in [-0.2, -0.15) is 0 Å². The molecule has 2 heterocycles. The van der Waals surface area contributed by atoms with Gasteiger partial charge in [-0.3, -0.25) is 0 Å². The standard InChI is InChI=1S/C20H18N4O4/c21-7-11-3-1-5-13-15(9-23-17(11)13)27-19(25)20(26)28-16-10-24-18-12(8-22)4-2-6-14(16)18/h1-6,9-10,23-24H,7-8,21-22H2. The molecule has 0 atom stereocenters. The van der Waals surface area contributed by atoms with Crippen LogP contribution in [0.4, 0.5) is 0 Å². The molecule has 0 spiro atoms. The average molecular weight is 378 g/mol. The summed E-state index contributed by atoms with van der Waals surface area (Å²) in [4.78, 5) is 30.5. The Kier molecular flexibility index (Phi) is 4.56. The third kappa shape index (κ3) is 3.00. The molecular weight excluding hydrogens is 360 g/mol. The van der Waals surface area contributed by atoms with Crippen molar-refractivity contribution < 1.29 is 19.1 Å². The molecule has 0 unspecified atom stereocenters. The smallest absolute Gasteiger partial charge is 0.416 e. The summed E-state index contributed by atoms with van der Waals surface area (Å²) in [5.41, 5.74) is 14.7. The van der Waals surface area contributed by atoms with Crippen LogP contribution in [0.15, 0.2) is 48.8 Å². The summed E-state index contributed by atoms with van der Waals surface area (Å²) in [6, 6.07) is 10.9. The maximum absolute atomic E-state index is 12.2. The Morgan fingerprint density at radius 2 is 1.18 bits per heavy atom. The molecule has 0 aliphatic heterocycles. The number of nitrogens with two attached hydrogens (primary N) is 2. The predicted octanol–water partition coefficient (Wildman–Crippen LogP) is 2.08. The monoisotopic (exact) mass is 378 g/mol. The number of H-pyrrole nitrogens is 2. The van der Waals surface area contributed by atoms with E-state index in [4.69, 9.17) is 20.9 Å². The highest BCUT2D eigenvalue weighted by molar-refractivity contribution is 6.31. The highest BCUT2D eigenvalue weighted by Crippen LogP contribution is 2.29. The van der Waals surface area contributed by atoms with E-state index in [-0.39, 0.29) is 11.5 Å². The van der Waals surface area contributed by atoms with Crippen molar-refractivity contribution in [3.8, 4) is 11.5 Å².